The molecule has 3 heteroatoms. The minimum absolute atomic E-state index is 0.250. The molecule has 0 amide bonds. The van der Waals surface area contributed by atoms with Gasteiger partial charge in [-0.05, 0) is 32.7 Å². The molecular weight excluding hydrogens is 166 g/mol. The van der Waals surface area contributed by atoms with Crippen molar-refractivity contribution in [2.45, 2.75) is 33.2 Å². The van der Waals surface area contributed by atoms with E-state index in [1.807, 2.05) is 13.8 Å². The van der Waals surface area contributed by atoms with E-state index in [1.165, 1.54) is 0 Å². The van der Waals surface area contributed by atoms with E-state index in [4.69, 9.17) is 9.84 Å². The van der Waals surface area contributed by atoms with Crippen molar-refractivity contribution in [2.75, 3.05) is 26.4 Å². The molecule has 0 aliphatic heterocycles. The summed E-state index contributed by atoms with van der Waals surface area (Å²) in [6.45, 7) is 8.98. The molecule has 0 aliphatic carbocycles. The van der Waals surface area contributed by atoms with Crippen LogP contribution in [0.5, 0.6) is 0 Å². The fourth-order valence-electron chi connectivity index (χ4n) is 1.01. The molecule has 0 aromatic carbocycles. The number of aliphatic hydroxyl groups excluding tert-OH is 1. The van der Waals surface area contributed by atoms with Gasteiger partial charge in [-0.15, -0.1) is 0 Å². The van der Waals surface area contributed by atoms with Crippen molar-refractivity contribution in [1.29, 1.82) is 0 Å². The number of ether oxygens (including phenoxy) is 1. The summed E-state index contributed by atoms with van der Waals surface area (Å²) in [5, 5.41) is 12.2. The van der Waals surface area contributed by atoms with E-state index in [9.17, 15) is 0 Å². The second-order valence-corrected chi connectivity index (χ2v) is 3.45. The van der Waals surface area contributed by atoms with Gasteiger partial charge in [0, 0.05) is 25.9 Å². The number of rotatable bonds is 8. The van der Waals surface area contributed by atoms with Crippen LogP contribution in [0.4, 0.5) is 0 Å². The maximum Gasteiger partial charge on any atom is 0.0477 e. The van der Waals surface area contributed by atoms with Gasteiger partial charge in [-0.1, -0.05) is 6.92 Å². The Balaban J connectivity index is 3.21. The standard InChI is InChI=1S/C10H23NO2/c1-4-13-7-5-6-11-10(3)9(2)8-12/h9-12H,4-8H2,1-3H3. The average molecular weight is 189 g/mol. The van der Waals surface area contributed by atoms with Crippen molar-refractivity contribution < 1.29 is 9.84 Å². The highest BCUT2D eigenvalue weighted by atomic mass is 16.5. The van der Waals surface area contributed by atoms with Crippen molar-refractivity contribution in [1.82, 2.24) is 5.32 Å². The molecule has 2 N–H and O–H groups in total. The smallest absolute Gasteiger partial charge is 0.0477 e. The van der Waals surface area contributed by atoms with E-state index in [1.54, 1.807) is 0 Å². The van der Waals surface area contributed by atoms with E-state index in [2.05, 4.69) is 12.2 Å². The second kappa shape index (κ2) is 8.48. The van der Waals surface area contributed by atoms with Gasteiger partial charge in [-0.3, -0.25) is 0 Å². The first-order valence-corrected chi connectivity index (χ1v) is 5.14. The molecule has 2 atom stereocenters. The van der Waals surface area contributed by atoms with Crippen LogP contribution in [-0.2, 0) is 4.74 Å². The maximum atomic E-state index is 8.88. The first-order chi connectivity index (χ1) is 6.22. The molecule has 0 spiro atoms. The van der Waals surface area contributed by atoms with E-state index < -0.39 is 0 Å². The minimum Gasteiger partial charge on any atom is -0.396 e. The summed E-state index contributed by atoms with van der Waals surface area (Å²) in [6, 6.07) is 0.381. The number of aliphatic hydroxyl groups is 1. The molecule has 0 aromatic heterocycles. The fraction of sp³-hybridized carbons (Fsp3) is 1.00. The summed E-state index contributed by atoms with van der Waals surface area (Å²) in [4.78, 5) is 0. The average Bonchev–Trinajstić information content (AvgIpc) is 2.16. The molecule has 80 valence electrons. The van der Waals surface area contributed by atoms with Gasteiger partial charge in [0.15, 0.2) is 0 Å². The lowest BCUT2D eigenvalue weighted by Gasteiger charge is -2.19. The molecule has 0 saturated heterocycles. The van der Waals surface area contributed by atoms with E-state index in [-0.39, 0.29) is 6.61 Å². The lowest BCUT2D eigenvalue weighted by Crippen LogP contribution is -2.34. The van der Waals surface area contributed by atoms with Crippen molar-refractivity contribution in [3.63, 3.8) is 0 Å². The molecule has 0 aromatic rings. The topological polar surface area (TPSA) is 41.5 Å². The third-order valence-corrected chi connectivity index (χ3v) is 2.28. The zero-order valence-electron chi connectivity index (χ0n) is 9.05. The largest absolute Gasteiger partial charge is 0.396 e. The van der Waals surface area contributed by atoms with Gasteiger partial charge >= 0.3 is 0 Å². The van der Waals surface area contributed by atoms with Gasteiger partial charge < -0.3 is 15.2 Å². The Morgan fingerprint density at radius 1 is 1.38 bits per heavy atom. The highest BCUT2D eigenvalue weighted by Gasteiger charge is 2.08. The number of hydrogen-bond donors (Lipinski definition) is 2. The normalized spacial score (nSPS) is 15.7. The molecule has 0 fully saturated rings. The Bertz CT molecular complexity index is 109. The Labute approximate surface area is 81.5 Å². The van der Waals surface area contributed by atoms with Crippen molar-refractivity contribution in [3.8, 4) is 0 Å². The minimum atomic E-state index is 0.250. The Kier molecular flexibility index (Phi) is 8.40. The van der Waals surface area contributed by atoms with Crippen molar-refractivity contribution in [2.24, 2.45) is 5.92 Å². The molecule has 0 heterocycles. The summed E-state index contributed by atoms with van der Waals surface area (Å²) >= 11 is 0. The Hall–Kier alpha value is -0.120. The first-order valence-electron chi connectivity index (χ1n) is 5.14. The molecule has 0 rings (SSSR count). The maximum absolute atomic E-state index is 8.88. The Morgan fingerprint density at radius 2 is 2.08 bits per heavy atom. The lowest BCUT2D eigenvalue weighted by atomic mass is 10.1. The van der Waals surface area contributed by atoms with Gasteiger partial charge in [0.25, 0.3) is 0 Å². The molecular formula is C10H23NO2. The second-order valence-electron chi connectivity index (χ2n) is 3.45. The number of nitrogens with one attached hydrogen (secondary N) is 1. The van der Waals surface area contributed by atoms with Gasteiger partial charge in [-0.25, -0.2) is 0 Å². The SMILES string of the molecule is CCOCCCNC(C)C(C)CO. The predicted molar refractivity (Wildman–Crippen MR) is 54.8 cm³/mol. The predicted octanol–water partition coefficient (Wildman–Crippen LogP) is 1.02. The van der Waals surface area contributed by atoms with E-state index in [0.717, 1.165) is 26.2 Å². The summed E-state index contributed by atoms with van der Waals surface area (Å²) in [5.41, 5.74) is 0. The number of hydrogen-bond acceptors (Lipinski definition) is 3. The molecule has 0 aliphatic rings. The van der Waals surface area contributed by atoms with Gasteiger partial charge in [0.2, 0.25) is 0 Å². The summed E-state index contributed by atoms with van der Waals surface area (Å²) in [6.07, 6.45) is 1.04. The van der Waals surface area contributed by atoms with Crippen LogP contribution in [0.15, 0.2) is 0 Å². The highest BCUT2D eigenvalue weighted by molar-refractivity contribution is 4.66. The molecule has 0 bridgehead atoms. The third kappa shape index (κ3) is 6.99. The van der Waals surface area contributed by atoms with Crippen LogP contribution in [0, 0.1) is 5.92 Å². The van der Waals surface area contributed by atoms with Crippen LogP contribution >= 0.6 is 0 Å². The summed E-state index contributed by atoms with van der Waals surface area (Å²) in [5.74, 6) is 0.326. The van der Waals surface area contributed by atoms with Gasteiger partial charge in [0.1, 0.15) is 0 Å². The quantitative estimate of drug-likeness (QED) is 0.560. The molecule has 0 saturated carbocycles. The summed E-state index contributed by atoms with van der Waals surface area (Å²) < 4.78 is 5.21. The van der Waals surface area contributed by atoms with Crippen molar-refractivity contribution >= 4 is 0 Å². The van der Waals surface area contributed by atoms with Crippen molar-refractivity contribution in [3.05, 3.63) is 0 Å². The van der Waals surface area contributed by atoms with E-state index >= 15 is 0 Å². The highest BCUT2D eigenvalue weighted by Crippen LogP contribution is 1.99. The monoisotopic (exact) mass is 189 g/mol. The van der Waals surface area contributed by atoms with Crippen LogP contribution in [0.25, 0.3) is 0 Å². The van der Waals surface area contributed by atoms with Crippen LogP contribution < -0.4 is 5.32 Å². The fourth-order valence-corrected chi connectivity index (χ4v) is 1.01. The van der Waals surface area contributed by atoms with Crippen LogP contribution in [-0.4, -0.2) is 37.5 Å². The first kappa shape index (κ1) is 12.9. The van der Waals surface area contributed by atoms with E-state index in [0.29, 0.717) is 12.0 Å². The third-order valence-electron chi connectivity index (χ3n) is 2.28. The molecule has 3 nitrogen and oxygen atoms in total. The van der Waals surface area contributed by atoms with Gasteiger partial charge in [-0.2, -0.15) is 0 Å². The van der Waals surface area contributed by atoms with Crippen LogP contribution in [0.1, 0.15) is 27.2 Å². The lowest BCUT2D eigenvalue weighted by molar-refractivity contribution is 0.142. The zero-order valence-corrected chi connectivity index (χ0v) is 9.05. The molecule has 2 unspecified atom stereocenters. The molecule has 0 radical (unpaired) electrons. The summed E-state index contributed by atoms with van der Waals surface area (Å²) in [7, 11) is 0. The molecule has 13 heavy (non-hydrogen) atoms. The zero-order chi connectivity index (χ0) is 10.1. The Morgan fingerprint density at radius 3 is 2.62 bits per heavy atom. The van der Waals surface area contributed by atoms with Crippen LogP contribution in [0.3, 0.4) is 0 Å². The van der Waals surface area contributed by atoms with Crippen LogP contribution in [0.2, 0.25) is 0 Å². The van der Waals surface area contributed by atoms with Gasteiger partial charge in [0.05, 0.1) is 0 Å².